The van der Waals surface area contributed by atoms with Gasteiger partial charge in [-0.3, -0.25) is 0 Å². The lowest BCUT2D eigenvalue weighted by molar-refractivity contribution is 0.0957. The minimum atomic E-state index is -0.0835. The van der Waals surface area contributed by atoms with E-state index in [0.717, 1.165) is 5.56 Å². The molecule has 18 heavy (non-hydrogen) atoms. The van der Waals surface area contributed by atoms with Crippen LogP contribution in [0.4, 0.5) is 0 Å². The Hall–Kier alpha value is -1.64. The molecule has 2 rings (SSSR count). The molecule has 0 saturated heterocycles. The summed E-state index contributed by atoms with van der Waals surface area (Å²) < 4.78 is 5.26. The average molecular weight is 241 g/mol. The normalized spacial score (nSPS) is 14.2. The maximum Gasteiger partial charge on any atom is 0.0735 e. The van der Waals surface area contributed by atoms with Crippen molar-refractivity contribution in [3.05, 3.63) is 60.2 Å². The third-order valence-corrected chi connectivity index (χ3v) is 3.28. The van der Waals surface area contributed by atoms with Crippen molar-refractivity contribution in [1.29, 1.82) is 0 Å². The fraction of sp³-hybridized carbons (Fsp3) is 0.250. The lowest BCUT2D eigenvalue weighted by Crippen LogP contribution is -2.25. The highest BCUT2D eigenvalue weighted by molar-refractivity contribution is 5.63. The van der Waals surface area contributed by atoms with Crippen molar-refractivity contribution >= 4 is 0 Å². The molecule has 2 aromatic carbocycles. The quantitative estimate of drug-likeness (QED) is 0.890. The first-order valence-electron chi connectivity index (χ1n) is 6.16. The second-order valence-electron chi connectivity index (χ2n) is 4.45. The lowest BCUT2D eigenvalue weighted by Gasteiger charge is -2.19. The molecule has 0 aliphatic heterocycles. The number of methoxy groups -OCH3 is 1. The van der Waals surface area contributed by atoms with E-state index in [2.05, 4.69) is 36.4 Å². The third kappa shape index (κ3) is 2.78. The summed E-state index contributed by atoms with van der Waals surface area (Å²) in [6.07, 6.45) is 0.0209. The first kappa shape index (κ1) is 12.8. The molecule has 0 spiro atoms. The number of rotatable bonds is 4. The number of hydrogen-bond donors (Lipinski definition) is 1. The summed E-state index contributed by atoms with van der Waals surface area (Å²) in [5, 5.41) is 0. The van der Waals surface area contributed by atoms with E-state index < -0.39 is 0 Å². The van der Waals surface area contributed by atoms with E-state index in [9.17, 15) is 0 Å². The van der Waals surface area contributed by atoms with Gasteiger partial charge in [-0.2, -0.15) is 0 Å². The van der Waals surface area contributed by atoms with Gasteiger partial charge >= 0.3 is 0 Å². The molecule has 0 bridgehead atoms. The molecule has 2 aromatic rings. The Morgan fingerprint density at radius 1 is 0.889 bits per heavy atom. The molecule has 2 heteroatoms. The lowest BCUT2D eigenvalue weighted by atomic mass is 9.99. The molecule has 0 aliphatic rings. The largest absolute Gasteiger partial charge is 0.380 e. The molecular weight excluding hydrogens is 222 g/mol. The summed E-state index contributed by atoms with van der Waals surface area (Å²) in [6.45, 7) is 1.98. The predicted molar refractivity (Wildman–Crippen MR) is 75.3 cm³/mol. The van der Waals surface area contributed by atoms with Gasteiger partial charge in [0.1, 0.15) is 0 Å². The monoisotopic (exact) mass is 241 g/mol. The molecule has 0 aliphatic carbocycles. The van der Waals surface area contributed by atoms with Crippen LogP contribution in [-0.2, 0) is 4.74 Å². The maximum atomic E-state index is 6.11. The van der Waals surface area contributed by atoms with Crippen LogP contribution in [0.5, 0.6) is 0 Å². The summed E-state index contributed by atoms with van der Waals surface area (Å²) in [7, 11) is 1.68. The van der Waals surface area contributed by atoms with Crippen LogP contribution in [0.25, 0.3) is 11.1 Å². The Labute approximate surface area is 108 Å². The highest BCUT2D eigenvalue weighted by Gasteiger charge is 2.13. The molecule has 0 amide bonds. The van der Waals surface area contributed by atoms with Gasteiger partial charge < -0.3 is 10.5 Å². The van der Waals surface area contributed by atoms with Gasteiger partial charge in [0.15, 0.2) is 0 Å². The van der Waals surface area contributed by atoms with E-state index in [-0.39, 0.29) is 12.1 Å². The van der Waals surface area contributed by atoms with Crippen molar-refractivity contribution in [2.24, 2.45) is 5.73 Å². The fourth-order valence-electron chi connectivity index (χ4n) is 1.95. The van der Waals surface area contributed by atoms with Gasteiger partial charge in [-0.15, -0.1) is 0 Å². The van der Waals surface area contributed by atoms with Gasteiger partial charge in [0.2, 0.25) is 0 Å². The highest BCUT2D eigenvalue weighted by Crippen LogP contribution is 2.22. The Morgan fingerprint density at radius 3 is 2.00 bits per heavy atom. The van der Waals surface area contributed by atoms with Crippen molar-refractivity contribution in [1.82, 2.24) is 0 Å². The Morgan fingerprint density at radius 2 is 1.44 bits per heavy atom. The zero-order chi connectivity index (χ0) is 13.0. The minimum Gasteiger partial charge on any atom is -0.380 e. The second kappa shape index (κ2) is 5.80. The van der Waals surface area contributed by atoms with Gasteiger partial charge in [-0.05, 0) is 23.6 Å². The number of nitrogens with two attached hydrogens (primary N) is 1. The van der Waals surface area contributed by atoms with E-state index in [1.807, 2.05) is 25.1 Å². The fourth-order valence-corrected chi connectivity index (χ4v) is 1.95. The highest BCUT2D eigenvalue weighted by atomic mass is 16.5. The van der Waals surface area contributed by atoms with Crippen molar-refractivity contribution in [3.63, 3.8) is 0 Å². The number of ether oxygens (including phenoxy) is 1. The van der Waals surface area contributed by atoms with Gasteiger partial charge in [-0.1, -0.05) is 54.6 Å². The minimum absolute atomic E-state index is 0.0209. The number of hydrogen-bond acceptors (Lipinski definition) is 2. The molecule has 94 valence electrons. The van der Waals surface area contributed by atoms with Crippen molar-refractivity contribution in [3.8, 4) is 11.1 Å². The SMILES string of the molecule is COC(C)C(N)c1ccc(-c2ccccc2)cc1. The molecule has 0 aromatic heterocycles. The van der Waals surface area contributed by atoms with Crippen LogP contribution in [0.15, 0.2) is 54.6 Å². The van der Waals surface area contributed by atoms with E-state index in [1.54, 1.807) is 7.11 Å². The maximum absolute atomic E-state index is 6.11. The van der Waals surface area contributed by atoms with E-state index in [0.29, 0.717) is 0 Å². The summed E-state index contributed by atoms with van der Waals surface area (Å²) in [4.78, 5) is 0. The van der Waals surface area contributed by atoms with Crippen molar-refractivity contribution in [2.45, 2.75) is 19.1 Å². The molecule has 2 nitrogen and oxygen atoms in total. The van der Waals surface area contributed by atoms with Crippen LogP contribution < -0.4 is 5.73 Å². The predicted octanol–water partition coefficient (Wildman–Crippen LogP) is 3.39. The molecule has 2 N–H and O–H groups in total. The van der Waals surface area contributed by atoms with Gasteiger partial charge in [-0.25, -0.2) is 0 Å². The standard InChI is InChI=1S/C16H19NO/c1-12(18-2)16(17)15-10-8-14(9-11-15)13-6-4-3-5-7-13/h3-12,16H,17H2,1-2H3. The molecule has 0 heterocycles. The first-order chi connectivity index (χ1) is 8.72. The van der Waals surface area contributed by atoms with Crippen molar-refractivity contribution in [2.75, 3.05) is 7.11 Å². The van der Waals surface area contributed by atoms with Crippen LogP contribution in [0.2, 0.25) is 0 Å². The van der Waals surface area contributed by atoms with Crippen molar-refractivity contribution < 1.29 is 4.74 Å². The molecular formula is C16H19NO. The second-order valence-corrected chi connectivity index (χ2v) is 4.45. The van der Waals surface area contributed by atoms with E-state index in [1.165, 1.54) is 11.1 Å². The molecule has 0 fully saturated rings. The van der Waals surface area contributed by atoms with Gasteiger partial charge in [0.25, 0.3) is 0 Å². The van der Waals surface area contributed by atoms with E-state index in [4.69, 9.17) is 10.5 Å². The summed E-state index contributed by atoms with van der Waals surface area (Å²) >= 11 is 0. The Balaban J connectivity index is 2.20. The molecule has 2 unspecified atom stereocenters. The van der Waals surface area contributed by atoms with Crippen LogP contribution in [0.3, 0.4) is 0 Å². The average Bonchev–Trinajstić information content (AvgIpc) is 2.47. The molecule has 0 radical (unpaired) electrons. The van der Waals surface area contributed by atoms with E-state index >= 15 is 0 Å². The Bertz CT molecular complexity index is 478. The van der Waals surface area contributed by atoms with Gasteiger partial charge in [0.05, 0.1) is 12.1 Å². The van der Waals surface area contributed by atoms with Crippen LogP contribution in [0.1, 0.15) is 18.5 Å². The van der Waals surface area contributed by atoms with Crippen LogP contribution in [-0.4, -0.2) is 13.2 Å². The summed E-state index contributed by atoms with van der Waals surface area (Å²) in [5.41, 5.74) is 9.64. The topological polar surface area (TPSA) is 35.2 Å². The molecule has 0 saturated carbocycles. The van der Waals surface area contributed by atoms with Crippen LogP contribution >= 0.6 is 0 Å². The van der Waals surface area contributed by atoms with Gasteiger partial charge in [0, 0.05) is 7.11 Å². The number of benzene rings is 2. The summed E-state index contributed by atoms with van der Waals surface area (Å²) in [6, 6.07) is 18.6. The third-order valence-electron chi connectivity index (χ3n) is 3.28. The zero-order valence-electron chi connectivity index (χ0n) is 10.8. The first-order valence-corrected chi connectivity index (χ1v) is 6.16. The smallest absolute Gasteiger partial charge is 0.0735 e. The zero-order valence-corrected chi connectivity index (χ0v) is 10.8. The summed E-state index contributed by atoms with van der Waals surface area (Å²) in [5.74, 6) is 0. The Kier molecular flexibility index (Phi) is 4.13. The van der Waals surface area contributed by atoms with Crippen LogP contribution in [0, 0.1) is 0 Å². The molecule has 2 atom stereocenters.